The van der Waals surface area contributed by atoms with Crippen LogP contribution < -0.4 is 10.6 Å². The van der Waals surface area contributed by atoms with Gasteiger partial charge in [-0.2, -0.15) is 0 Å². The minimum absolute atomic E-state index is 0.0308. The SMILES string of the molecule is CC1(C)S[C@@H]2[C@H](NC(=O)C(NC(=O)OCc3ccccc3)c3ccccc3)C(=O)N2[C@H]1C(=O)OCOC(=O)OCOC(=O)[C@@H]1N2C(=O)C[C@H]2S(=O)(=O)C1(C)C. The first-order valence-corrected chi connectivity index (χ1v) is 19.4. The number of nitrogens with zero attached hydrogens (tertiary/aromatic N) is 2. The number of thioether (sulfide) groups is 1. The van der Waals surface area contributed by atoms with Crippen molar-refractivity contribution in [3.05, 3.63) is 71.8 Å². The number of β-lactam (4-membered cyclic amide) rings is 2. The van der Waals surface area contributed by atoms with Gasteiger partial charge in [0.25, 0.3) is 0 Å². The summed E-state index contributed by atoms with van der Waals surface area (Å²) in [6.45, 7) is 4.04. The standard InChI is InChI=1S/C35H38N4O14S2/c1-34(2)25(30(43)50-17-52-33(46)53-18-51-31(44)26-35(3,4)55(47,48)22-15-21(40)38(22)26)39-28(42)24(29(39)54-34)36-27(41)23(20-13-9-6-10-14-20)37-32(45)49-16-19-11-7-5-8-12-19/h5-14,22-26,29H,15-18H2,1-4H3,(H,36,41)(H,37,45)/t22-,23?,24-,25+,26+,29-/m1/s1. The molecule has 1 unspecified atom stereocenters. The van der Waals surface area contributed by atoms with Crippen LogP contribution in [0.15, 0.2) is 60.7 Å². The summed E-state index contributed by atoms with van der Waals surface area (Å²) in [6, 6.07) is 12.5. The fourth-order valence-electron chi connectivity index (χ4n) is 6.87. The highest BCUT2D eigenvalue weighted by Crippen LogP contribution is 2.51. The van der Waals surface area contributed by atoms with Gasteiger partial charge in [-0.3, -0.25) is 14.4 Å². The summed E-state index contributed by atoms with van der Waals surface area (Å²) in [5, 5.41) is 3.45. The second-order valence-corrected chi connectivity index (χ2v) is 18.5. The van der Waals surface area contributed by atoms with E-state index in [1.807, 2.05) is 6.07 Å². The van der Waals surface area contributed by atoms with Crippen LogP contribution in [0.3, 0.4) is 0 Å². The van der Waals surface area contributed by atoms with Crippen molar-refractivity contribution in [2.45, 2.75) is 85.1 Å². The smallest absolute Gasteiger partial charge is 0.445 e. The molecule has 0 aliphatic carbocycles. The zero-order valence-corrected chi connectivity index (χ0v) is 31.6. The van der Waals surface area contributed by atoms with Gasteiger partial charge in [0.2, 0.25) is 31.3 Å². The molecule has 4 aliphatic rings. The van der Waals surface area contributed by atoms with Gasteiger partial charge in [0.1, 0.15) is 41.5 Å². The number of amides is 4. The molecule has 6 atom stereocenters. The molecule has 4 fully saturated rings. The number of fused-ring (bicyclic) bond motifs is 2. The highest BCUT2D eigenvalue weighted by Gasteiger charge is 2.68. The van der Waals surface area contributed by atoms with E-state index in [9.17, 15) is 42.0 Å². The molecule has 0 radical (unpaired) electrons. The van der Waals surface area contributed by atoms with E-state index in [0.717, 1.165) is 10.5 Å². The molecule has 4 heterocycles. The van der Waals surface area contributed by atoms with Crippen molar-refractivity contribution in [3.8, 4) is 0 Å². The Morgan fingerprint density at radius 2 is 1.40 bits per heavy atom. The number of rotatable bonds is 12. The first kappa shape index (κ1) is 39.3. The minimum atomic E-state index is -3.85. The summed E-state index contributed by atoms with van der Waals surface area (Å²) < 4.78 is 47.6. The van der Waals surface area contributed by atoms with E-state index in [-0.39, 0.29) is 13.0 Å². The Kier molecular flexibility index (Phi) is 10.8. The Bertz CT molecular complexity index is 2000. The Hall–Kier alpha value is -5.37. The normalized spacial score (nSPS) is 25.5. The lowest BCUT2D eigenvalue weighted by molar-refractivity contribution is -0.173. The molecule has 4 amide bonds. The summed E-state index contributed by atoms with van der Waals surface area (Å²) >= 11 is 1.24. The van der Waals surface area contributed by atoms with Crippen LogP contribution in [0.4, 0.5) is 9.59 Å². The van der Waals surface area contributed by atoms with Crippen molar-refractivity contribution in [2.24, 2.45) is 0 Å². The van der Waals surface area contributed by atoms with E-state index < -0.39 is 110 Å². The average molecular weight is 803 g/mol. The largest absolute Gasteiger partial charge is 0.514 e. The highest BCUT2D eigenvalue weighted by atomic mass is 32.2. The molecule has 4 saturated heterocycles. The molecular formula is C35H38N4O14S2. The molecule has 4 aliphatic heterocycles. The fourth-order valence-corrected chi connectivity index (χ4v) is 10.6. The minimum Gasteiger partial charge on any atom is -0.445 e. The summed E-state index contributed by atoms with van der Waals surface area (Å²) in [5.74, 6) is -3.80. The molecular weight excluding hydrogens is 765 g/mol. The molecule has 0 saturated carbocycles. The lowest BCUT2D eigenvalue weighted by atomic mass is 9.95. The zero-order valence-electron chi connectivity index (χ0n) is 30.0. The van der Waals surface area contributed by atoms with E-state index in [4.69, 9.17) is 18.9 Å². The van der Waals surface area contributed by atoms with E-state index in [1.165, 1.54) is 30.5 Å². The van der Waals surface area contributed by atoms with Gasteiger partial charge < -0.3 is 44.1 Å². The van der Waals surface area contributed by atoms with Crippen molar-refractivity contribution in [3.63, 3.8) is 0 Å². The average Bonchev–Trinajstić information content (AvgIpc) is 3.47. The van der Waals surface area contributed by atoms with Crippen molar-refractivity contribution in [1.29, 1.82) is 0 Å². The van der Waals surface area contributed by atoms with Gasteiger partial charge in [0.15, 0.2) is 9.84 Å². The third-order valence-corrected chi connectivity index (χ3v) is 14.2. The third-order valence-electron chi connectivity index (χ3n) is 9.79. The first-order chi connectivity index (χ1) is 26.0. The fraction of sp³-hybridized carbons (Fsp3) is 0.457. The van der Waals surface area contributed by atoms with Crippen LogP contribution in [-0.4, -0.2) is 112 Å². The molecule has 294 valence electrons. The number of hydrogen-bond donors (Lipinski definition) is 2. The lowest BCUT2D eigenvalue weighted by Crippen LogP contribution is -2.71. The monoisotopic (exact) mass is 802 g/mol. The van der Waals surface area contributed by atoms with Gasteiger partial charge in [-0.25, -0.2) is 27.6 Å². The summed E-state index contributed by atoms with van der Waals surface area (Å²) in [4.78, 5) is 91.9. The summed E-state index contributed by atoms with van der Waals surface area (Å²) in [6.07, 6.45) is -2.49. The number of esters is 2. The molecule has 2 N–H and O–H groups in total. The van der Waals surface area contributed by atoms with Crippen LogP contribution in [0.25, 0.3) is 0 Å². The molecule has 0 spiro atoms. The second-order valence-electron chi connectivity index (χ2n) is 14.0. The van der Waals surface area contributed by atoms with Gasteiger partial charge in [-0.1, -0.05) is 60.7 Å². The van der Waals surface area contributed by atoms with Crippen molar-refractivity contribution in [1.82, 2.24) is 20.4 Å². The van der Waals surface area contributed by atoms with Gasteiger partial charge in [0.05, 0.1) is 11.2 Å². The number of nitrogens with one attached hydrogen (secondary N) is 2. The van der Waals surface area contributed by atoms with Crippen LogP contribution in [0.2, 0.25) is 0 Å². The summed E-state index contributed by atoms with van der Waals surface area (Å²) in [5.41, 5.74) is 1.18. The number of benzene rings is 2. The molecule has 20 heteroatoms. The van der Waals surface area contributed by atoms with Crippen LogP contribution in [-0.2, 0) is 64.1 Å². The summed E-state index contributed by atoms with van der Waals surface area (Å²) in [7, 11) is -3.85. The zero-order chi connectivity index (χ0) is 39.9. The Morgan fingerprint density at radius 3 is 2.00 bits per heavy atom. The molecule has 0 aromatic heterocycles. The van der Waals surface area contributed by atoms with Crippen molar-refractivity contribution < 1.29 is 65.7 Å². The van der Waals surface area contributed by atoms with Gasteiger partial charge >= 0.3 is 24.2 Å². The van der Waals surface area contributed by atoms with Crippen molar-refractivity contribution >= 4 is 63.5 Å². The van der Waals surface area contributed by atoms with E-state index >= 15 is 0 Å². The van der Waals surface area contributed by atoms with Gasteiger partial charge in [-0.15, -0.1) is 11.8 Å². The topological polar surface area (TPSA) is 230 Å². The maximum absolute atomic E-state index is 13.6. The van der Waals surface area contributed by atoms with E-state index in [1.54, 1.807) is 68.4 Å². The molecule has 55 heavy (non-hydrogen) atoms. The predicted molar refractivity (Wildman–Crippen MR) is 188 cm³/mol. The number of hydrogen-bond acceptors (Lipinski definition) is 15. The van der Waals surface area contributed by atoms with Crippen LogP contribution >= 0.6 is 11.8 Å². The van der Waals surface area contributed by atoms with Crippen LogP contribution in [0, 0.1) is 0 Å². The molecule has 0 bridgehead atoms. The Balaban J connectivity index is 0.979. The second kappa shape index (κ2) is 15.0. The van der Waals surface area contributed by atoms with Gasteiger partial charge in [-0.05, 0) is 38.8 Å². The lowest BCUT2D eigenvalue weighted by Gasteiger charge is -2.44. The number of carbonyl (C=O) groups is 7. The number of ether oxygens (including phenoxy) is 5. The number of alkyl carbamates (subject to hydrolysis) is 1. The van der Waals surface area contributed by atoms with E-state index in [2.05, 4.69) is 15.4 Å². The molecule has 2 aromatic rings. The van der Waals surface area contributed by atoms with Crippen LogP contribution in [0.1, 0.15) is 51.3 Å². The number of carbonyl (C=O) groups excluding carboxylic acids is 7. The van der Waals surface area contributed by atoms with Crippen molar-refractivity contribution in [2.75, 3.05) is 13.6 Å². The molecule has 2 aromatic carbocycles. The number of sulfone groups is 1. The van der Waals surface area contributed by atoms with E-state index in [0.29, 0.717) is 5.56 Å². The maximum atomic E-state index is 13.6. The third kappa shape index (κ3) is 7.39. The molecule has 6 rings (SSSR count). The predicted octanol–water partition coefficient (Wildman–Crippen LogP) is 1.49. The molecule has 18 nitrogen and oxygen atoms in total. The van der Waals surface area contributed by atoms with Gasteiger partial charge in [0, 0.05) is 4.75 Å². The quantitative estimate of drug-likeness (QED) is 0.134. The highest BCUT2D eigenvalue weighted by molar-refractivity contribution is 8.01. The first-order valence-electron chi connectivity index (χ1n) is 17.0. The Labute approximate surface area is 319 Å². The Morgan fingerprint density at radius 1 is 0.818 bits per heavy atom. The maximum Gasteiger partial charge on any atom is 0.514 e. The van der Waals surface area contributed by atoms with Crippen LogP contribution in [0.5, 0.6) is 0 Å².